The third-order valence-electron chi connectivity index (χ3n) is 7.67. The molecule has 3 heteroatoms. The molecule has 0 N–H and O–H groups in total. The molecule has 0 heterocycles. The van der Waals surface area contributed by atoms with Crippen LogP contribution >= 0.6 is 0 Å². The van der Waals surface area contributed by atoms with Crippen LogP contribution in [0.15, 0.2) is 185 Å². The summed E-state index contributed by atoms with van der Waals surface area (Å²) in [6.07, 6.45) is 0. The number of hydrogen-bond acceptors (Lipinski definition) is 1. The highest BCUT2D eigenvalue weighted by molar-refractivity contribution is 6.12. The normalized spacial score (nSPS) is 11.6. The molecule has 6 rings (SSSR count). The summed E-state index contributed by atoms with van der Waals surface area (Å²) in [5.41, 5.74) is 11.1. The first kappa shape index (κ1) is 29.2. The summed E-state index contributed by atoms with van der Waals surface area (Å²) in [7, 11) is 1.75. The van der Waals surface area contributed by atoms with Crippen LogP contribution in [0, 0.1) is 0 Å². The minimum absolute atomic E-state index is 0.542. The second-order valence-electron chi connectivity index (χ2n) is 10.5. The van der Waals surface area contributed by atoms with Gasteiger partial charge in [-0.2, -0.15) is 0 Å². The molecule has 0 spiro atoms. The van der Waals surface area contributed by atoms with Gasteiger partial charge in [0, 0.05) is 18.2 Å². The second kappa shape index (κ2) is 14.0. The largest absolute Gasteiger partial charge is 0.270 e. The van der Waals surface area contributed by atoms with Crippen LogP contribution in [0.1, 0.15) is 33.4 Å². The predicted molar refractivity (Wildman–Crippen MR) is 191 cm³/mol. The maximum Gasteiger partial charge on any atom is 0.161 e. The Morgan fingerprint density at radius 2 is 0.822 bits per heavy atom. The zero-order valence-corrected chi connectivity index (χ0v) is 25.2. The molecule has 0 saturated carbocycles. The van der Waals surface area contributed by atoms with Crippen molar-refractivity contribution < 1.29 is 0 Å². The number of rotatable bonds is 7. The van der Waals surface area contributed by atoms with Crippen molar-refractivity contribution in [1.82, 2.24) is 0 Å². The monoisotopic (exact) mass is 579 g/mol. The lowest BCUT2D eigenvalue weighted by Gasteiger charge is -2.19. The molecule has 0 aromatic heterocycles. The molecule has 0 radical (unpaired) electrons. The molecule has 6 aromatic rings. The lowest BCUT2D eigenvalue weighted by molar-refractivity contribution is 1.37. The van der Waals surface area contributed by atoms with E-state index in [4.69, 9.17) is 4.99 Å². The highest BCUT2D eigenvalue weighted by atomic mass is 15.0. The van der Waals surface area contributed by atoms with Crippen LogP contribution in [0.2, 0.25) is 0 Å². The maximum absolute atomic E-state index is 4.74. The lowest BCUT2D eigenvalue weighted by atomic mass is 9.85. The van der Waals surface area contributed by atoms with Crippen LogP contribution in [0.25, 0.3) is 22.3 Å². The van der Waals surface area contributed by atoms with Gasteiger partial charge in [-0.1, -0.05) is 164 Å². The molecule has 0 aliphatic carbocycles. The van der Waals surface area contributed by atoms with Crippen molar-refractivity contribution in [3.8, 4) is 11.1 Å². The fourth-order valence-electron chi connectivity index (χ4n) is 5.51. The highest BCUT2D eigenvalue weighted by Crippen LogP contribution is 2.38. The Balaban J connectivity index is 1.43. The smallest absolute Gasteiger partial charge is 0.161 e. The first-order chi connectivity index (χ1) is 22.2. The molecule has 3 nitrogen and oxygen atoms in total. The molecule has 0 aliphatic heterocycles. The van der Waals surface area contributed by atoms with Gasteiger partial charge < -0.3 is 0 Å². The molecule has 0 bridgehead atoms. The maximum atomic E-state index is 4.74. The van der Waals surface area contributed by atoms with Gasteiger partial charge in [0.15, 0.2) is 11.7 Å². The Morgan fingerprint density at radius 3 is 1.29 bits per heavy atom. The van der Waals surface area contributed by atoms with Gasteiger partial charge in [-0.05, 0) is 57.3 Å². The van der Waals surface area contributed by atoms with E-state index >= 15 is 0 Å². The van der Waals surface area contributed by atoms with Crippen LogP contribution in [0.3, 0.4) is 0 Å². The molecule has 6 aromatic carbocycles. The van der Waals surface area contributed by atoms with Crippen molar-refractivity contribution in [2.24, 2.45) is 15.0 Å². The molecule has 0 saturated heterocycles. The van der Waals surface area contributed by atoms with Gasteiger partial charge in [0.05, 0.1) is 0 Å². The predicted octanol–water partition coefficient (Wildman–Crippen LogP) is 9.88. The van der Waals surface area contributed by atoms with Crippen molar-refractivity contribution in [3.63, 3.8) is 0 Å². The Kier molecular flexibility index (Phi) is 9.09. The van der Waals surface area contributed by atoms with E-state index < -0.39 is 0 Å². The highest BCUT2D eigenvalue weighted by Gasteiger charge is 2.17. The summed E-state index contributed by atoms with van der Waals surface area (Å²) in [6, 6.07) is 58.9. The number of benzene rings is 6. The molecule has 0 atom stereocenters. The summed E-state index contributed by atoms with van der Waals surface area (Å²) < 4.78 is 0. The SMILES string of the molecule is C=NC(=NC(=NC)c1ccc(-c2cccc(C(=C(c3ccccc3)c3ccccc3)c3ccccc3)c2)cc1)c1ccccc1. The number of aliphatic imine (C=N–C) groups is 3. The summed E-state index contributed by atoms with van der Waals surface area (Å²) in [5.74, 6) is 1.15. The van der Waals surface area contributed by atoms with Gasteiger partial charge in [0.2, 0.25) is 0 Å². The van der Waals surface area contributed by atoms with Crippen LogP contribution in [-0.2, 0) is 0 Å². The fourth-order valence-corrected chi connectivity index (χ4v) is 5.51. The molecule has 216 valence electrons. The molecule has 0 amide bonds. The fraction of sp³-hybridized carbons (Fsp3) is 0.0238. The summed E-state index contributed by atoms with van der Waals surface area (Å²) in [6.45, 7) is 3.73. The Morgan fingerprint density at radius 1 is 0.400 bits per heavy atom. The third-order valence-corrected chi connectivity index (χ3v) is 7.67. The Hall–Kier alpha value is -5.93. The zero-order valence-electron chi connectivity index (χ0n) is 25.2. The third kappa shape index (κ3) is 6.69. The zero-order chi connectivity index (χ0) is 30.8. The van der Waals surface area contributed by atoms with Crippen molar-refractivity contribution in [2.45, 2.75) is 0 Å². The van der Waals surface area contributed by atoms with E-state index in [1.165, 1.54) is 27.8 Å². The van der Waals surface area contributed by atoms with Gasteiger partial charge in [-0.3, -0.25) is 4.99 Å². The summed E-state index contributed by atoms with van der Waals surface area (Å²) >= 11 is 0. The van der Waals surface area contributed by atoms with Crippen LogP contribution < -0.4 is 0 Å². The first-order valence-corrected chi connectivity index (χ1v) is 14.9. The lowest BCUT2D eigenvalue weighted by Crippen LogP contribution is -2.04. The average Bonchev–Trinajstić information content (AvgIpc) is 3.13. The van der Waals surface area contributed by atoms with E-state index in [0.29, 0.717) is 11.7 Å². The molecular weight excluding hydrogens is 546 g/mol. The Bertz CT molecular complexity index is 1930. The van der Waals surface area contributed by atoms with Gasteiger partial charge in [0.1, 0.15) is 0 Å². The minimum Gasteiger partial charge on any atom is -0.270 e. The van der Waals surface area contributed by atoms with Gasteiger partial charge in [-0.15, -0.1) is 0 Å². The average molecular weight is 580 g/mol. The van der Waals surface area contributed by atoms with E-state index in [1.807, 2.05) is 30.3 Å². The van der Waals surface area contributed by atoms with Crippen molar-refractivity contribution in [1.29, 1.82) is 0 Å². The van der Waals surface area contributed by atoms with E-state index in [9.17, 15) is 0 Å². The van der Waals surface area contributed by atoms with Gasteiger partial charge in [-0.25, -0.2) is 9.98 Å². The van der Waals surface area contributed by atoms with Crippen LogP contribution in [0.4, 0.5) is 0 Å². The van der Waals surface area contributed by atoms with E-state index in [-0.39, 0.29) is 0 Å². The minimum atomic E-state index is 0.542. The topological polar surface area (TPSA) is 37.1 Å². The van der Waals surface area contributed by atoms with Crippen molar-refractivity contribution in [3.05, 3.63) is 203 Å². The van der Waals surface area contributed by atoms with Gasteiger partial charge >= 0.3 is 0 Å². The standard InChI is InChI=1S/C42H33N3/c1-43-41(35-22-13-6-14-23-35)45-42(44-2)36-28-26-31(27-29-36)37-24-15-25-38(30-37)40(34-20-11-5-12-21-34)39(32-16-7-3-8-17-32)33-18-9-4-10-19-33/h3-30H,1H2,2H3. The quantitative estimate of drug-likeness (QED) is 0.103. The molecule has 0 fully saturated rings. The molecule has 0 unspecified atom stereocenters. The van der Waals surface area contributed by atoms with Crippen molar-refractivity contribution >= 4 is 29.5 Å². The van der Waals surface area contributed by atoms with Crippen molar-refractivity contribution in [2.75, 3.05) is 7.05 Å². The van der Waals surface area contributed by atoms with E-state index in [2.05, 4.69) is 156 Å². The number of hydrogen-bond donors (Lipinski definition) is 0. The number of amidine groups is 2. The molecule has 0 aliphatic rings. The number of nitrogens with zero attached hydrogens (tertiary/aromatic N) is 3. The first-order valence-electron chi connectivity index (χ1n) is 14.9. The summed E-state index contributed by atoms with van der Waals surface area (Å²) in [4.78, 5) is 13.4. The van der Waals surface area contributed by atoms with E-state index in [1.54, 1.807) is 7.05 Å². The van der Waals surface area contributed by atoms with E-state index in [0.717, 1.165) is 27.8 Å². The Labute approximate surface area is 265 Å². The van der Waals surface area contributed by atoms with Gasteiger partial charge in [0.25, 0.3) is 0 Å². The molecular formula is C42H33N3. The summed E-state index contributed by atoms with van der Waals surface area (Å²) in [5, 5.41) is 0. The van der Waals surface area contributed by atoms with Crippen LogP contribution in [0.5, 0.6) is 0 Å². The molecule has 45 heavy (non-hydrogen) atoms. The van der Waals surface area contributed by atoms with Crippen LogP contribution in [-0.4, -0.2) is 25.4 Å². The second-order valence-corrected chi connectivity index (χ2v) is 10.5.